The van der Waals surface area contributed by atoms with Crippen LogP contribution in [0.3, 0.4) is 0 Å². The topological polar surface area (TPSA) is 53.6 Å². The number of hydrogen-bond donors (Lipinski definition) is 2. The minimum absolute atomic E-state index is 0.312. The standard InChI is InChI=1S/C17H17FN4/c1-19-10-9-12-5-4-6-13(11-12)16-20-17(22-21-16)14-7-2-3-8-15(14)18/h2-8,11,19H,9-10H2,1H3,(H,20,21,22). The molecule has 0 unspecified atom stereocenters. The quantitative estimate of drug-likeness (QED) is 0.761. The van der Waals surface area contributed by atoms with Crippen molar-refractivity contribution in [2.24, 2.45) is 0 Å². The number of aromatic nitrogens is 3. The van der Waals surface area contributed by atoms with Gasteiger partial charge in [0.1, 0.15) is 5.82 Å². The molecule has 5 heteroatoms. The first-order valence-corrected chi connectivity index (χ1v) is 7.19. The zero-order chi connectivity index (χ0) is 15.4. The Kier molecular flexibility index (Phi) is 4.25. The van der Waals surface area contributed by atoms with Crippen LogP contribution >= 0.6 is 0 Å². The average Bonchev–Trinajstić information content (AvgIpc) is 3.03. The average molecular weight is 296 g/mol. The summed E-state index contributed by atoms with van der Waals surface area (Å²) in [7, 11) is 1.93. The van der Waals surface area contributed by atoms with Crippen molar-refractivity contribution < 1.29 is 4.39 Å². The van der Waals surface area contributed by atoms with Gasteiger partial charge in [0.2, 0.25) is 0 Å². The third kappa shape index (κ3) is 3.04. The van der Waals surface area contributed by atoms with E-state index in [1.165, 1.54) is 11.6 Å². The second kappa shape index (κ2) is 6.49. The summed E-state index contributed by atoms with van der Waals surface area (Å²) < 4.78 is 13.8. The zero-order valence-corrected chi connectivity index (χ0v) is 12.3. The highest BCUT2D eigenvalue weighted by Gasteiger charge is 2.11. The SMILES string of the molecule is CNCCc1cccc(-c2n[nH]c(-c3ccccc3F)n2)c1. The van der Waals surface area contributed by atoms with Crippen LogP contribution in [0, 0.1) is 5.82 Å². The number of nitrogens with one attached hydrogen (secondary N) is 2. The molecule has 0 aliphatic carbocycles. The number of H-pyrrole nitrogens is 1. The van der Waals surface area contributed by atoms with Crippen LogP contribution in [0.15, 0.2) is 48.5 Å². The predicted molar refractivity (Wildman–Crippen MR) is 84.8 cm³/mol. The van der Waals surface area contributed by atoms with Crippen LogP contribution in [0.1, 0.15) is 5.56 Å². The van der Waals surface area contributed by atoms with Gasteiger partial charge in [0, 0.05) is 5.56 Å². The number of hydrogen-bond acceptors (Lipinski definition) is 3. The fourth-order valence-electron chi connectivity index (χ4n) is 2.30. The van der Waals surface area contributed by atoms with Crippen molar-refractivity contribution in [3.05, 3.63) is 59.9 Å². The normalized spacial score (nSPS) is 10.8. The Labute approximate surface area is 128 Å². The molecule has 1 heterocycles. The van der Waals surface area contributed by atoms with Gasteiger partial charge in [-0.3, -0.25) is 5.10 Å². The molecular formula is C17H17FN4. The highest BCUT2D eigenvalue weighted by Crippen LogP contribution is 2.22. The molecule has 2 N–H and O–H groups in total. The van der Waals surface area contributed by atoms with Crippen molar-refractivity contribution in [1.29, 1.82) is 0 Å². The molecule has 0 saturated heterocycles. The van der Waals surface area contributed by atoms with Crippen LogP contribution in [-0.2, 0) is 6.42 Å². The van der Waals surface area contributed by atoms with Crippen LogP contribution in [0.25, 0.3) is 22.8 Å². The number of nitrogens with zero attached hydrogens (tertiary/aromatic N) is 2. The molecule has 2 aromatic carbocycles. The fourth-order valence-corrected chi connectivity index (χ4v) is 2.30. The first-order chi connectivity index (χ1) is 10.8. The van der Waals surface area contributed by atoms with E-state index in [0.29, 0.717) is 17.2 Å². The van der Waals surface area contributed by atoms with E-state index in [0.717, 1.165) is 18.5 Å². The summed E-state index contributed by atoms with van der Waals surface area (Å²) in [6.07, 6.45) is 0.939. The van der Waals surface area contributed by atoms with E-state index in [1.807, 2.05) is 19.2 Å². The number of aromatic amines is 1. The van der Waals surface area contributed by atoms with Gasteiger partial charge in [-0.25, -0.2) is 9.37 Å². The molecule has 0 aliphatic rings. The lowest BCUT2D eigenvalue weighted by molar-refractivity contribution is 0.630. The van der Waals surface area contributed by atoms with Crippen LogP contribution in [0.2, 0.25) is 0 Å². The predicted octanol–water partition coefficient (Wildman–Crippen LogP) is 3.04. The molecule has 1 aromatic heterocycles. The van der Waals surface area contributed by atoms with E-state index in [-0.39, 0.29) is 5.82 Å². The minimum Gasteiger partial charge on any atom is -0.319 e. The van der Waals surface area contributed by atoms with Crippen molar-refractivity contribution in [2.45, 2.75) is 6.42 Å². The van der Waals surface area contributed by atoms with E-state index in [4.69, 9.17) is 0 Å². The van der Waals surface area contributed by atoms with Gasteiger partial charge in [0.25, 0.3) is 0 Å². The van der Waals surface area contributed by atoms with E-state index in [1.54, 1.807) is 18.2 Å². The maximum atomic E-state index is 13.8. The Hall–Kier alpha value is -2.53. The van der Waals surface area contributed by atoms with Gasteiger partial charge in [-0.05, 0) is 43.8 Å². The maximum Gasteiger partial charge on any atom is 0.181 e. The highest BCUT2D eigenvalue weighted by atomic mass is 19.1. The monoisotopic (exact) mass is 296 g/mol. The van der Waals surface area contributed by atoms with Crippen molar-refractivity contribution >= 4 is 0 Å². The molecule has 4 nitrogen and oxygen atoms in total. The van der Waals surface area contributed by atoms with E-state index >= 15 is 0 Å². The summed E-state index contributed by atoms with van der Waals surface area (Å²) in [6.45, 7) is 0.915. The smallest absolute Gasteiger partial charge is 0.181 e. The molecular weight excluding hydrogens is 279 g/mol. The summed E-state index contributed by atoms with van der Waals surface area (Å²) in [5, 5.41) is 10.1. The Morgan fingerprint density at radius 3 is 2.82 bits per heavy atom. The van der Waals surface area contributed by atoms with Crippen molar-refractivity contribution in [3.63, 3.8) is 0 Å². The lowest BCUT2D eigenvalue weighted by Gasteiger charge is -2.02. The summed E-state index contributed by atoms with van der Waals surface area (Å²) in [6, 6.07) is 14.6. The number of benzene rings is 2. The minimum atomic E-state index is -0.312. The fraction of sp³-hybridized carbons (Fsp3) is 0.176. The Bertz CT molecular complexity index is 767. The second-order valence-electron chi connectivity index (χ2n) is 5.04. The molecule has 0 radical (unpaired) electrons. The van der Waals surface area contributed by atoms with E-state index in [2.05, 4.69) is 32.6 Å². The molecule has 0 bridgehead atoms. The third-order valence-electron chi connectivity index (χ3n) is 3.46. The van der Waals surface area contributed by atoms with Crippen LogP contribution in [-0.4, -0.2) is 28.8 Å². The van der Waals surface area contributed by atoms with E-state index < -0.39 is 0 Å². The molecule has 3 rings (SSSR count). The summed E-state index contributed by atoms with van der Waals surface area (Å²) in [5.41, 5.74) is 2.56. The van der Waals surface area contributed by atoms with Gasteiger partial charge in [0.15, 0.2) is 11.6 Å². The summed E-state index contributed by atoms with van der Waals surface area (Å²) in [5.74, 6) is 0.700. The van der Waals surface area contributed by atoms with Crippen molar-refractivity contribution in [2.75, 3.05) is 13.6 Å². The number of halogens is 1. The molecule has 0 fully saturated rings. The molecule has 3 aromatic rings. The lowest BCUT2D eigenvalue weighted by Crippen LogP contribution is -2.10. The lowest BCUT2D eigenvalue weighted by atomic mass is 10.1. The molecule has 0 amide bonds. The van der Waals surface area contributed by atoms with Gasteiger partial charge in [-0.2, -0.15) is 5.10 Å². The van der Waals surface area contributed by atoms with Gasteiger partial charge in [-0.15, -0.1) is 0 Å². The largest absolute Gasteiger partial charge is 0.319 e. The zero-order valence-electron chi connectivity index (χ0n) is 12.3. The van der Waals surface area contributed by atoms with Gasteiger partial charge in [-0.1, -0.05) is 30.3 Å². The first-order valence-electron chi connectivity index (χ1n) is 7.19. The van der Waals surface area contributed by atoms with Crippen LogP contribution < -0.4 is 5.32 Å². The molecule has 112 valence electrons. The summed E-state index contributed by atoms with van der Waals surface area (Å²) in [4.78, 5) is 4.41. The van der Waals surface area contributed by atoms with E-state index in [9.17, 15) is 4.39 Å². The third-order valence-corrected chi connectivity index (χ3v) is 3.46. The number of likely N-dealkylation sites (N-methyl/N-ethyl adjacent to an activating group) is 1. The van der Waals surface area contributed by atoms with Gasteiger partial charge < -0.3 is 5.32 Å². The Morgan fingerprint density at radius 2 is 2.00 bits per heavy atom. The Morgan fingerprint density at radius 1 is 1.14 bits per heavy atom. The maximum absolute atomic E-state index is 13.8. The van der Waals surface area contributed by atoms with Crippen molar-refractivity contribution in [3.8, 4) is 22.8 Å². The molecule has 0 spiro atoms. The van der Waals surface area contributed by atoms with Gasteiger partial charge in [0.05, 0.1) is 5.56 Å². The van der Waals surface area contributed by atoms with Gasteiger partial charge >= 0.3 is 0 Å². The summed E-state index contributed by atoms with van der Waals surface area (Å²) >= 11 is 0. The highest BCUT2D eigenvalue weighted by molar-refractivity contribution is 5.62. The van der Waals surface area contributed by atoms with Crippen LogP contribution in [0.5, 0.6) is 0 Å². The second-order valence-corrected chi connectivity index (χ2v) is 5.04. The molecule has 0 aliphatic heterocycles. The molecule has 0 atom stereocenters. The first kappa shape index (κ1) is 14.4. The van der Waals surface area contributed by atoms with Crippen molar-refractivity contribution in [1.82, 2.24) is 20.5 Å². The van der Waals surface area contributed by atoms with Crippen LogP contribution in [0.4, 0.5) is 4.39 Å². The Balaban J connectivity index is 1.89. The molecule has 0 saturated carbocycles. The number of rotatable bonds is 5. The molecule has 22 heavy (non-hydrogen) atoms.